The van der Waals surface area contributed by atoms with Gasteiger partial charge < -0.3 is 11.1 Å². The van der Waals surface area contributed by atoms with Crippen LogP contribution in [0.5, 0.6) is 0 Å². The van der Waals surface area contributed by atoms with Crippen molar-refractivity contribution in [3.63, 3.8) is 0 Å². The lowest BCUT2D eigenvalue weighted by Crippen LogP contribution is -2.13. The third-order valence-electron chi connectivity index (χ3n) is 2.49. The van der Waals surface area contributed by atoms with Crippen LogP contribution in [-0.2, 0) is 9.84 Å². The van der Waals surface area contributed by atoms with E-state index in [1.165, 1.54) is 12.1 Å². The molecule has 0 atom stereocenters. The number of carbonyl (C=O) groups excluding carboxylic acids is 1. The van der Waals surface area contributed by atoms with Gasteiger partial charge in [-0.15, -0.1) is 0 Å². The molecule has 1 amide bonds. The summed E-state index contributed by atoms with van der Waals surface area (Å²) in [4.78, 5) is 21.2. The van der Waals surface area contributed by atoms with E-state index in [0.717, 1.165) is 12.3 Å². The van der Waals surface area contributed by atoms with Gasteiger partial charge in [-0.2, -0.15) is 0 Å². The molecule has 1 rings (SSSR count). The van der Waals surface area contributed by atoms with Crippen molar-refractivity contribution >= 4 is 27.1 Å². The summed E-state index contributed by atoms with van der Waals surface area (Å²) >= 11 is 0. The Balaban J connectivity index is 2.79. The van der Waals surface area contributed by atoms with Gasteiger partial charge in [0.05, 0.1) is 10.7 Å². The number of hydrogen-bond donors (Lipinski definition) is 2. The van der Waals surface area contributed by atoms with Crippen LogP contribution in [0.1, 0.15) is 16.8 Å². The van der Waals surface area contributed by atoms with Crippen LogP contribution in [0.3, 0.4) is 0 Å². The van der Waals surface area contributed by atoms with Crippen LogP contribution in [0.4, 0.5) is 11.4 Å². The predicted octanol–water partition coefficient (Wildman–Crippen LogP) is 0.540. The summed E-state index contributed by atoms with van der Waals surface area (Å²) in [5, 5.41) is 13.7. The fourth-order valence-corrected chi connectivity index (χ4v) is 2.21. The zero-order valence-corrected chi connectivity index (χ0v) is 11.6. The van der Waals surface area contributed by atoms with Gasteiger partial charge in [-0.1, -0.05) is 0 Å². The molecule has 0 bridgehead atoms. The number of carbonyl (C=O) groups is 1. The third-order valence-corrected chi connectivity index (χ3v) is 3.52. The monoisotopic (exact) mass is 301 g/mol. The van der Waals surface area contributed by atoms with Gasteiger partial charge in [0.25, 0.3) is 5.69 Å². The molecule has 0 saturated heterocycles. The number of nitrogens with one attached hydrogen (secondary N) is 1. The van der Waals surface area contributed by atoms with E-state index in [4.69, 9.17) is 5.73 Å². The van der Waals surface area contributed by atoms with Crippen LogP contribution in [0.15, 0.2) is 18.2 Å². The molecule has 0 aromatic heterocycles. The topological polar surface area (TPSA) is 132 Å². The number of primary amides is 1. The smallest absolute Gasteiger partial charge is 0.293 e. The molecule has 0 spiro atoms. The molecule has 0 radical (unpaired) electrons. The second-order valence-corrected chi connectivity index (χ2v) is 6.52. The molecule has 0 heterocycles. The van der Waals surface area contributed by atoms with Crippen LogP contribution < -0.4 is 11.1 Å². The molecule has 0 aliphatic carbocycles. The van der Waals surface area contributed by atoms with Crippen LogP contribution >= 0.6 is 0 Å². The second-order valence-electron chi connectivity index (χ2n) is 4.26. The minimum atomic E-state index is -3.06. The number of anilines is 1. The Bertz CT molecular complexity index is 627. The Morgan fingerprint density at radius 3 is 2.60 bits per heavy atom. The van der Waals surface area contributed by atoms with Gasteiger partial charge in [0, 0.05) is 24.4 Å². The molecule has 8 nitrogen and oxygen atoms in total. The third kappa shape index (κ3) is 4.84. The number of rotatable bonds is 7. The van der Waals surface area contributed by atoms with E-state index in [1.54, 1.807) is 0 Å². The van der Waals surface area contributed by atoms with Crippen molar-refractivity contribution < 1.29 is 18.1 Å². The van der Waals surface area contributed by atoms with Crippen LogP contribution in [0.25, 0.3) is 0 Å². The van der Waals surface area contributed by atoms with Crippen molar-refractivity contribution in [3.8, 4) is 0 Å². The number of amides is 1. The Morgan fingerprint density at radius 2 is 2.10 bits per heavy atom. The summed E-state index contributed by atoms with van der Waals surface area (Å²) < 4.78 is 21.9. The molecule has 0 saturated carbocycles. The number of benzene rings is 1. The van der Waals surface area contributed by atoms with E-state index in [0.29, 0.717) is 6.42 Å². The van der Waals surface area contributed by atoms with Crippen molar-refractivity contribution in [2.75, 3.05) is 23.9 Å². The molecule has 1 aromatic rings. The van der Waals surface area contributed by atoms with E-state index in [1.807, 2.05) is 0 Å². The Kier molecular flexibility index (Phi) is 5.03. The van der Waals surface area contributed by atoms with Crippen LogP contribution in [0, 0.1) is 10.1 Å². The Morgan fingerprint density at radius 1 is 1.45 bits per heavy atom. The minimum absolute atomic E-state index is 0.00678. The van der Waals surface area contributed by atoms with Gasteiger partial charge in [-0.3, -0.25) is 14.9 Å². The number of nitrogens with zero attached hydrogens (tertiary/aromatic N) is 1. The van der Waals surface area contributed by atoms with Crippen LogP contribution in [-0.4, -0.2) is 37.8 Å². The number of sulfone groups is 1. The highest BCUT2D eigenvalue weighted by atomic mass is 32.2. The molecule has 0 unspecified atom stereocenters. The van der Waals surface area contributed by atoms with Crippen molar-refractivity contribution in [2.24, 2.45) is 5.73 Å². The first-order valence-electron chi connectivity index (χ1n) is 5.70. The summed E-state index contributed by atoms with van der Waals surface area (Å²) in [6.07, 6.45) is 1.45. The zero-order chi connectivity index (χ0) is 15.3. The first-order chi connectivity index (χ1) is 9.20. The minimum Gasteiger partial charge on any atom is -0.379 e. The molecule has 1 aromatic carbocycles. The normalized spacial score (nSPS) is 11.1. The molecule has 0 aliphatic heterocycles. The first kappa shape index (κ1) is 15.9. The Hall–Kier alpha value is -2.16. The summed E-state index contributed by atoms with van der Waals surface area (Å²) in [7, 11) is -3.06. The van der Waals surface area contributed by atoms with Gasteiger partial charge in [0.15, 0.2) is 0 Å². The lowest BCUT2D eigenvalue weighted by atomic mass is 10.1. The molecular weight excluding hydrogens is 286 g/mol. The van der Waals surface area contributed by atoms with E-state index in [-0.39, 0.29) is 29.2 Å². The molecule has 3 N–H and O–H groups in total. The van der Waals surface area contributed by atoms with Gasteiger partial charge in [0.1, 0.15) is 15.5 Å². The maximum atomic E-state index is 11.0. The van der Waals surface area contributed by atoms with Crippen molar-refractivity contribution in [1.82, 2.24) is 0 Å². The number of nitro benzene ring substituents is 1. The lowest BCUT2D eigenvalue weighted by molar-refractivity contribution is -0.384. The summed E-state index contributed by atoms with van der Waals surface area (Å²) in [5.41, 5.74) is 5.03. The molecular formula is C11H15N3O5S. The van der Waals surface area contributed by atoms with Crippen LogP contribution in [0.2, 0.25) is 0 Å². The van der Waals surface area contributed by atoms with Gasteiger partial charge in [-0.25, -0.2) is 8.42 Å². The first-order valence-corrected chi connectivity index (χ1v) is 7.76. The van der Waals surface area contributed by atoms with E-state index >= 15 is 0 Å². The number of nitrogens with two attached hydrogens (primary N) is 1. The fourth-order valence-electron chi connectivity index (χ4n) is 1.54. The highest BCUT2D eigenvalue weighted by Gasteiger charge is 2.16. The quantitative estimate of drug-likeness (QED) is 0.429. The summed E-state index contributed by atoms with van der Waals surface area (Å²) in [6, 6.07) is 3.83. The average Bonchev–Trinajstić information content (AvgIpc) is 2.33. The molecule has 9 heteroatoms. The predicted molar refractivity (Wildman–Crippen MR) is 74.4 cm³/mol. The lowest BCUT2D eigenvalue weighted by Gasteiger charge is -2.07. The Labute approximate surface area is 116 Å². The second kappa shape index (κ2) is 6.33. The van der Waals surface area contributed by atoms with Crippen molar-refractivity contribution in [1.29, 1.82) is 0 Å². The largest absolute Gasteiger partial charge is 0.379 e. The maximum Gasteiger partial charge on any atom is 0.293 e. The average molecular weight is 301 g/mol. The molecule has 0 fully saturated rings. The van der Waals surface area contributed by atoms with E-state index in [2.05, 4.69) is 5.32 Å². The fraction of sp³-hybridized carbons (Fsp3) is 0.364. The van der Waals surface area contributed by atoms with E-state index in [9.17, 15) is 23.3 Å². The van der Waals surface area contributed by atoms with Gasteiger partial charge >= 0.3 is 0 Å². The SMILES string of the molecule is CS(=O)(=O)CCCNc1ccc(C(N)=O)cc1[N+](=O)[O-]. The number of hydrogen-bond acceptors (Lipinski definition) is 6. The highest BCUT2D eigenvalue weighted by Crippen LogP contribution is 2.25. The molecule has 20 heavy (non-hydrogen) atoms. The molecule has 0 aliphatic rings. The summed E-state index contributed by atoms with van der Waals surface area (Å²) in [6.45, 7) is 0.268. The van der Waals surface area contributed by atoms with E-state index < -0.39 is 20.7 Å². The standard InChI is InChI=1S/C11H15N3O5S/c1-20(18,19)6-2-5-13-9-4-3-8(11(12)15)7-10(9)14(16)17/h3-4,7,13H,2,5-6H2,1H3,(H2,12,15). The van der Waals surface area contributed by atoms with Crippen molar-refractivity contribution in [3.05, 3.63) is 33.9 Å². The zero-order valence-electron chi connectivity index (χ0n) is 10.8. The number of nitro groups is 1. The maximum absolute atomic E-state index is 11.0. The van der Waals surface area contributed by atoms with Crippen molar-refractivity contribution in [2.45, 2.75) is 6.42 Å². The van der Waals surface area contributed by atoms with Gasteiger partial charge in [0.2, 0.25) is 5.91 Å². The summed E-state index contributed by atoms with van der Waals surface area (Å²) in [5.74, 6) is -0.760. The highest BCUT2D eigenvalue weighted by molar-refractivity contribution is 7.90. The molecule has 110 valence electrons. The van der Waals surface area contributed by atoms with Gasteiger partial charge in [-0.05, 0) is 18.6 Å².